The maximum absolute atomic E-state index is 12.1. The number of nitrogens with one attached hydrogen (secondary N) is 2. The molecule has 0 radical (unpaired) electrons. The Morgan fingerprint density at radius 2 is 2.15 bits per heavy atom. The van der Waals surface area contributed by atoms with Crippen molar-refractivity contribution in [2.24, 2.45) is 0 Å². The molecule has 0 bridgehead atoms. The van der Waals surface area contributed by atoms with E-state index in [9.17, 15) is 4.79 Å². The maximum Gasteiger partial charge on any atom is 0.258 e. The monoisotopic (exact) mass is 294 g/mol. The largest absolute Gasteiger partial charge is 0.337 e. The zero-order valence-electron chi connectivity index (χ0n) is 11.4. The van der Waals surface area contributed by atoms with Crippen molar-refractivity contribution in [2.45, 2.75) is 13.0 Å². The Balaban J connectivity index is 2.00. The van der Waals surface area contributed by atoms with Crippen LogP contribution in [0, 0.1) is 0 Å². The summed E-state index contributed by atoms with van der Waals surface area (Å²) in [6, 6.07) is 5.39. The minimum absolute atomic E-state index is 0.0866. The van der Waals surface area contributed by atoms with Crippen LogP contribution in [0.2, 0.25) is 5.02 Å². The molecule has 2 heterocycles. The lowest BCUT2D eigenvalue weighted by molar-refractivity contribution is -0.971. The van der Waals surface area contributed by atoms with Crippen molar-refractivity contribution in [2.75, 3.05) is 26.2 Å². The van der Waals surface area contributed by atoms with Gasteiger partial charge in [-0.2, -0.15) is 0 Å². The Kier molecular flexibility index (Phi) is 3.74. The molecule has 0 spiro atoms. The molecule has 0 amide bonds. The van der Waals surface area contributed by atoms with Crippen molar-refractivity contribution in [3.05, 3.63) is 39.4 Å². The second-order valence-corrected chi connectivity index (χ2v) is 5.80. The SMILES string of the molecule is C[C@H](c1nc2cc(Cl)ccc2c(=O)[nH]1)[NH+]1CC[NH2+]CC1. The predicted octanol–water partition coefficient (Wildman–Crippen LogP) is -0.901. The molecule has 6 heteroatoms. The van der Waals surface area contributed by atoms with Gasteiger partial charge in [-0.1, -0.05) is 11.6 Å². The smallest absolute Gasteiger partial charge is 0.258 e. The summed E-state index contributed by atoms with van der Waals surface area (Å²) in [6.07, 6.45) is 0. The molecule has 1 atom stereocenters. The molecule has 20 heavy (non-hydrogen) atoms. The molecule has 1 aliphatic heterocycles. The van der Waals surface area contributed by atoms with Crippen LogP contribution in [-0.4, -0.2) is 36.1 Å². The lowest BCUT2D eigenvalue weighted by atomic mass is 10.2. The first kappa shape index (κ1) is 13.5. The zero-order chi connectivity index (χ0) is 14.1. The van der Waals surface area contributed by atoms with Crippen molar-refractivity contribution in [1.82, 2.24) is 9.97 Å². The first-order valence-electron chi connectivity index (χ1n) is 7.01. The predicted molar refractivity (Wildman–Crippen MR) is 78.1 cm³/mol. The minimum Gasteiger partial charge on any atom is -0.337 e. The average Bonchev–Trinajstić information content (AvgIpc) is 2.46. The molecular weight excluding hydrogens is 276 g/mol. The third-order valence-corrected chi connectivity index (χ3v) is 4.28. The van der Waals surface area contributed by atoms with Crippen LogP contribution in [0.1, 0.15) is 18.8 Å². The molecular formula is C14H19ClN4O+2. The number of piperazine rings is 1. The van der Waals surface area contributed by atoms with Crippen LogP contribution >= 0.6 is 11.6 Å². The molecule has 2 aromatic rings. The van der Waals surface area contributed by atoms with Crippen molar-refractivity contribution in [3.8, 4) is 0 Å². The fraction of sp³-hybridized carbons (Fsp3) is 0.429. The van der Waals surface area contributed by atoms with E-state index in [1.807, 2.05) is 0 Å². The molecule has 1 fully saturated rings. The zero-order valence-corrected chi connectivity index (χ0v) is 12.2. The molecule has 4 N–H and O–H groups in total. The van der Waals surface area contributed by atoms with Gasteiger partial charge in [0, 0.05) is 5.02 Å². The number of H-pyrrole nitrogens is 1. The van der Waals surface area contributed by atoms with Gasteiger partial charge in [-0.3, -0.25) is 4.79 Å². The normalized spacial score (nSPS) is 18.3. The fourth-order valence-corrected chi connectivity index (χ4v) is 2.97. The molecule has 106 valence electrons. The third-order valence-electron chi connectivity index (χ3n) is 4.05. The Morgan fingerprint density at radius 3 is 2.90 bits per heavy atom. The number of benzene rings is 1. The second-order valence-electron chi connectivity index (χ2n) is 5.36. The van der Waals surface area contributed by atoms with E-state index in [0.717, 1.165) is 32.0 Å². The van der Waals surface area contributed by atoms with Crippen LogP contribution in [0.3, 0.4) is 0 Å². The van der Waals surface area contributed by atoms with Crippen LogP contribution in [0.5, 0.6) is 0 Å². The Labute approximate surface area is 122 Å². The number of hydrogen-bond donors (Lipinski definition) is 3. The highest BCUT2D eigenvalue weighted by Crippen LogP contribution is 2.15. The first-order chi connectivity index (χ1) is 9.65. The van der Waals surface area contributed by atoms with Gasteiger partial charge in [-0.25, -0.2) is 4.98 Å². The van der Waals surface area contributed by atoms with Gasteiger partial charge >= 0.3 is 0 Å². The van der Waals surface area contributed by atoms with E-state index in [-0.39, 0.29) is 11.6 Å². The van der Waals surface area contributed by atoms with Crippen molar-refractivity contribution in [1.29, 1.82) is 0 Å². The fourth-order valence-electron chi connectivity index (χ4n) is 2.81. The highest BCUT2D eigenvalue weighted by atomic mass is 35.5. The number of nitrogens with zero attached hydrogens (tertiary/aromatic N) is 1. The van der Waals surface area contributed by atoms with Gasteiger partial charge in [0.2, 0.25) is 0 Å². The quantitative estimate of drug-likeness (QED) is 0.672. The minimum atomic E-state index is -0.0866. The number of fused-ring (bicyclic) bond motifs is 1. The molecule has 1 aromatic carbocycles. The highest BCUT2D eigenvalue weighted by molar-refractivity contribution is 6.31. The number of aromatic nitrogens is 2. The molecule has 0 saturated carbocycles. The summed E-state index contributed by atoms with van der Waals surface area (Å²) in [4.78, 5) is 21.1. The topological polar surface area (TPSA) is 66.8 Å². The van der Waals surface area contributed by atoms with Gasteiger partial charge in [0.15, 0.2) is 5.82 Å². The summed E-state index contributed by atoms with van der Waals surface area (Å²) >= 11 is 5.99. The van der Waals surface area contributed by atoms with E-state index in [1.165, 1.54) is 4.90 Å². The molecule has 1 saturated heterocycles. The van der Waals surface area contributed by atoms with Crippen LogP contribution in [0.4, 0.5) is 0 Å². The lowest BCUT2D eigenvalue weighted by Gasteiger charge is -2.27. The summed E-state index contributed by atoms with van der Waals surface area (Å²) in [7, 11) is 0. The highest BCUT2D eigenvalue weighted by Gasteiger charge is 2.25. The van der Waals surface area contributed by atoms with Crippen molar-refractivity contribution >= 4 is 22.5 Å². The van der Waals surface area contributed by atoms with Crippen LogP contribution in [-0.2, 0) is 0 Å². The molecule has 5 nitrogen and oxygen atoms in total. The third kappa shape index (κ3) is 2.57. The standard InChI is InChI=1S/C14H17ClN4O/c1-9(19-6-4-16-5-7-19)13-17-12-8-10(15)2-3-11(12)14(20)18-13/h2-3,8-9,16H,4-7H2,1H3,(H,17,18,20)/p+2/t9-/m1/s1. The summed E-state index contributed by atoms with van der Waals surface area (Å²) in [6.45, 7) is 6.57. The van der Waals surface area contributed by atoms with E-state index in [4.69, 9.17) is 11.6 Å². The number of rotatable bonds is 2. The van der Waals surface area contributed by atoms with Gasteiger partial charge in [0.05, 0.1) is 10.9 Å². The van der Waals surface area contributed by atoms with Gasteiger partial charge in [0.25, 0.3) is 5.56 Å². The second kappa shape index (κ2) is 5.52. The van der Waals surface area contributed by atoms with Crippen molar-refractivity contribution in [3.63, 3.8) is 0 Å². The first-order valence-corrected chi connectivity index (χ1v) is 7.38. The van der Waals surface area contributed by atoms with E-state index < -0.39 is 0 Å². The Hall–Kier alpha value is -1.43. The number of halogens is 1. The molecule has 0 aliphatic carbocycles. The van der Waals surface area contributed by atoms with Gasteiger partial charge in [0.1, 0.15) is 32.2 Å². The number of quaternary nitrogens is 2. The Bertz CT molecular complexity index is 678. The van der Waals surface area contributed by atoms with E-state index in [2.05, 4.69) is 22.2 Å². The van der Waals surface area contributed by atoms with E-state index in [0.29, 0.717) is 15.9 Å². The number of hydrogen-bond acceptors (Lipinski definition) is 2. The van der Waals surface area contributed by atoms with E-state index >= 15 is 0 Å². The maximum atomic E-state index is 12.1. The van der Waals surface area contributed by atoms with Gasteiger partial charge in [-0.05, 0) is 25.1 Å². The summed E-state index contributed by atoms with van der Waals surface area (Å²) in [5.41, 5.74) is 0.586. The van der Waals surface area contributed by atoms with Crippen LogP contribution in [0.15, 0.2) is 23.0 Å². The number of nitrogens with two attached hydrogens (primary N) is 1. The lowest BCUT2D eigenvalue weighted by Crippen LogP contribution is -3.20. The summed E-state index contributed by atoms with van der Waals surface area (Å²) in [5.74, 6) is 0.752. The Morgan fingerprint density at radius 1 is 1.40 bits per heavy atom. The molecule has 3 rings (SSSR count). The van der Waals surface area contributed by atoms with E-state index in [1.54, 1.807) is 18.2 Å². The summed E-state index contributed by atoms with van der Waals surface area (Å²) < 4.78 is 0. The van der Waals surface area contributed by atoms with Crippen LogP contribution in [0.25, 0.3) is 10.9 Å². The summed E-state index contributed by atoms with van der Waals surface area (Å²) in [5, 5.41) is 3.52. The molecule has 1 aromatic heterocycles. The van der Waals surface area contributed by atoms with Gasteiger partial charge in [-0.15, -0.1) is 0 Å². The molecule has 0 unspecified atom stereocenters. The van der Waals surface area contributed by atoms with Gasteiger partial charge < -0.3 is 15.2 Å². The molecule has 1 aliphatic rings. The van der Waals surface area contributed by atoms with Crippen LogP contribution < -0.4 is 15.8 Å². The van der Waals surface area contributed by atoms with Crippen molar-refractivity contribution < 1.29 is 10.2 Å². The number of aromatic amines is 1. The average molecular weight is 295 g/mol.